The van der Waals surface area contributed by atoms with Crippen molar-refractivity contribution >= 4 is 50.7 Å². The van der Waals surface area contributed by atoms with Crippen LogP contribution in [0.5, 0.6) is 0 Å². The summed E-state index contributed by atoms with van der Waals surface area (Å²) in [7, 11) is 0. The van der Waals surface area contributed by atoms with Crippen molar-refractivity contribution in [3.63, 3.8) is 0 Å². The quantitative estimate of drug-likeness (QED) is 0.253. The molecule has 0 radical (unpaired) electrons. The topological polar surface area (TPSA) is 119 Å². The van der Waals surface area contributed by atoms with Gasteiger partial charge in [-0.2, -0.15) is 0 Å². The van der Waals surface area contributed by atoms with Crippen LogP contribution in [-0.4, -0.2) is 63.4 Å². The SMILES string of the molecule is CC1=CC(=Nc2cnc3nc(-c4ccc(Nc5ccnc6ccc(N7CC8(CNC8)C7)cc56)nc4)[nH]c3c2)CCN1. The standard InChI is InChI=1S/C31H30N10/c1-19-10-21(6-8-33-19)37-22-11-27-30(36-14-22)40-29(39-27)20-2-5-28(35-13-20)38-26-7-9-34-25-4-3-23(12-24(25)26)41-17-31(18-41)15-32-16-31/h2-5,7,9-14,32-33H,6,8,15-18H2,1H3,(H,34,35,38)(H,36,39,40). The Morgan fingerprint density at radius 2 is 1.93 bits per heavy atom. The van der Waals surface area contributed by atoms with Gasteiger partial charge in [-0.1, -0.05) is 0 Å². The lowest BCUT2D eigenvalue weighted by Crippen LogP contribution is -2.71. The molecule has 4 N–H and O–H groups in total. The first-order chi connectivity index (χ1) is 20.1. The molecule has 4 aromatic heterocycles. The summed E-state index contributed by atoms with van der Waals surface area (Å²) in [6.07, 6.45) is 8.40. The van der Waals surface area contributed by atoms with Gasteiger partial charge >= 0.3 is 0 Å². The normalized spacial score (nSPS) is 18.7. The number of H-pyrrole nitrogens is 1. The minimum absolute atomic E-state index is 0.479. The smallest absolute Gasteiger partial charge is 0.178 e. The molecule has 10 nitrogen and oxygen atoms in total. The third-order valence-corrected chi connectivity index (χ3v) is 8.21. The summed E-state index contributed by atoms with van der Waals surface area (Å²) in [5, 5.41) is 11.3. The van der Waals surface area contributed by atoms with Crippen LogP contribution in [-0.2, 0) is 0 Å². The summed E-state index contributed by atoms with van der Waals surface area (Å²) < 4.78 is 0. The largest absolute Gasteiger partial charge is 0.388 e. The number of benzene rings is 1. The van der Waals surface area contributed by atoms with E-state index in [1.54, 1.807) is 6.20 Å². The average Bonchev–Trinajstić information content (AvgIpc) is 3.36. The van der Waals surface area contributed by atoms with E-state index in [4.69, 9.17) is 4.99 Å². The fourth-order valence-electron chi connectivity index (χ4n) is 5.94. The Labute approximate surface area is 237 Å². The minimum atomic E-state index is 0.479. The zero-order chi connectivity index (χ0) is 27.4. The number of aromatic nitrogens is 5. The second-order valence-corrected chi connectivity index (χ2v) is 11.3. The van der Waals surface area contributed by atoms with Gasteiger partial charge in [0.2, 0.25) is 0 Å². The number of fused-ring (bicyclic) bond motifs is 2. The fourth-order valence-corrected chi connectivity index (χ4v) is 5.94. The van der Waals surface area contributed by atoms with Crippen LogP contribution in [0, 0.1) is 5.41 Å². The van der Waals surface area contributed by atoms with Crippen LogP contribution < -0.4 is 20.9 Å². The van der Waals surface area contributed by atoms with Gasteiger partial charge in [0.1, 0.15) is 11.6 Å². The zero-order valence-electron chi connectivity index (χ0n) is 22.8. The van der Waals surface area contributed by atoms with Gasteiger partial charge in [0.25, 0.3) is 0 Å². The van der Waals surface area contributed by atoms with Crippen LogP contribution in [0.3, 0.4) is 0 Å². The molecule has 3 aliphatic heterocycles. The summed E-state index contributed by atoms with van der Waals surface area (Å²) in [6.45, 7) is 7.43. The van der Waals surface area contributed by atoms with E-state index in [0.29, 0.717) is 11.1 Å². The molecular weight excluding hydrogens is 512 g/mol. The van der Waals surface area contributed by atoms with Gasteiger partial charge in [0, 0.05) is 85.0 Å². The first kappa shape index (κ1) is 24.0. The Morgan fingerprint density at radius 3 is 2.73 bits per heavy atom. The molecule has 7 heterocycles. The Balaban J connectivity index is 1.02. The average molecular weight is 543 g/mol. The molecule has 0 unspecified atom stereocenters. The molecule has 0 atom stereocenters. The highest BCUT2D eigenvalue weighted by Gasteiger charge is 2.47. The van der Waals surface area contributed by atoms with Crippen LogP contribution in [0.2, 0.25) is 0 Å². The summed E-state index contributed by atoms with van der Waals surface area (Å²) in [4.78, 5) is 29.1. The van der Waals surface area contributed by atoms with Crippen molar-refractivity contribution in [2.75, 3.05) is 42.9 Å². The molecule has 41 heavy (non-hydrogen) atoms. The molecule has 1 spiro atoms. The lowest BCUT2D eigenvalue weighted by molar-refractivity contribution is 0.121. The number of hydrogen-bond acceptors (Lipinski definition) is 9. The van der Waals surface area contributed by atoms with E-state index >= 15 is 0 Å². The van der Waals surface area contributed by atoms with Crippen molar-refractivity contribution in [1.29, 1.82) is 0 Å². The molecule has 0 bridgehead atoms. The fraction of sp³-hybridized carbons (Fsp3) is 0.258. The number of aliphatic imine (C=N–C) groups is 1. The predicted molar refractivity (Wildman–Crippen MR) is 163 cm³/mol. The van der Waals surface area contributed by atoms with Crippen molar-refractivity contribution < 1.29 is 0 Å². The predicted octanol–water partition coefficient (Wildman–Crippen LogP) is 4.69. The van der Waals surface area contributed by atoms with E-state index < -0.39 is 0 Å². The van der Waals surface area contributed by atoms with E-state index in [-0.39, 0.29) is 0 Å². The number of rotatable bonds is 5. The van der Waals surface area contributed by atoms with Crippen LogP contribution in [0.25, 0.3) is 33.5 Å². The van der Waals surface area contributed by atoms with Gasteiger partial charge in [0.15, 0.2) is 5.65 Å². The number of allylic oxidation sites excluding steroid dienone is 2. The Kier molecular flexibility index (Phi) is 5.49. The van der Waals surface area contributed by atoms with Gasteiger partial charge in [-0.15, -0.1) is 0 Å². The highest BCUT2D eigenvalue weighted by atomic mass is 15.3. The maximum atomic E-state index is 4.77. The minimum Gasteiger partial charge on any atom is -0.388 e. The maximum absolute atomic E-state index is 4.77. The molecule has 5 aromatic rings. The zero-order valence-corrected chi connectivity index (χ0v) is 22.8. The van der Waals surface area contributed by atoms with Crippen LogP contribution in [0.4, 0.5) is 22.9 Å². The number of anilines is 3. The van der Waals surface area contributed by atoms with Crippen molar-refractivity contribution in [3.05, 3.63) is 72.8 Å². The Hall–Kier alpha value is -4.83. The van der Waals surface area contributed by atoms with Crippen molar-refractivity contribution in [3.8, 4) is 11.4 Å². The molecule has 204 valence electrons. The van der Waals surface area contributed by atoms with E-state index in [9.17, 15) is 0 Å². The summed E-state index contributed by atoms with van der Waals surface area (Å²) in [6, 6.07) is 14.5. The van der Waals surface area contributed by atoms with Gasteiger partial charge in [-0.05, 0) is 55.5 Å². The molecule has 2 fully saturated rings. The van der Waals surface area contributed by atoms with Crippen molar-refractivity contribution in [2.45, 2.75) is 13.3 Å². The Morgan fingerprint density at radius 1 is 1.00 bits per heavy atom. The summed E-state index contributed by atoms with van der Waals surface area (Å²) >= 11 is 0. The van der Waals surface area contributed by atoms with Gasteiger partial charge in [0.05, 0.1) is 28.6 Å². The lowest BCUT2D eigenvalue weighted by atomic mass is 9.74. The van der Waals surface area contributed by atoms with Crippen LogP contribution in [0.1, 0.15) is 13.3 Å². The number of imidazole rings is 1. The molecule has 1 aromatic carbocycles. The number of nitrogens with zero attached hydrogens (tertiary/aromatic N) is 6. The summed E-state index contributed by atoms with van der Waals surface area (Å²) in [5.41, 5.74) is 9.05. The van der Waals surface area contributed by atoms with Crippen LogP contribution >= 0.6 is 0 Å². The highest BCUT2D eigenvalue weighted by molar-refractivity contribution is 5.98. The van der Waals surface area contributed by atoms with E-state index in [0.717, 1.165) is 95.6 Å². The maximum Gasteiger partial charge on any atom is 0.178 e. The van der Waals surface area contributed by atoms with Gasteiger partial charge in [-0.25, -0.2) is 15.0 Å². The number of pyridine rings is 3. The lowest BCUT2D eigenvalue weighted by Gasteiger charge is -2.57. The van der Waals surface area contributed by atoms with Gasteiger partial charge in [-0.3, -0.25) is 9.98 Å². The highest BCUT2D eigenvalue weighted by Crippen LogP contribution is 2.39. The van der Waals surface area contributed by atoms with E-state index in [2.05, 4.69) is 77.0 Å². The second kappa shape index (κ2) is 9.38. The number of nitrogens with one attached hydrogen (secondary N) is 4. The molecule has 2 saturated heterocycles. The molecular formula is C31H30N10. The molecule has 0 amide bonds. The van der Waals surface area contributed by atoms with Crippen molar-refractivity contribution in [2.24, 2.45) is 10.4 Å². The molecule has 0 aliphatic carbocycles. The molecule has 8 rings (SSSR count). The van der Waals surface area contributed by atoms with E-state index in [1.807, 2.05) is 36.7 Å². The van der Waals surface area contributed by atoms with Crippen LogP contribution in [0.15, 0.2) is 77.8 Å². The first-order valence-corrected chi connectivity index (χ1v) is 14.0. The summed E-state index contributed by atoms with van der Waals surface area (Å²) in [5.74, 6) is 1.48. The van der Waals surface area contributed by atoms with Gasteiger partial charge < -0.3 is 25.8 Å². The third-order valence-electron chi connectivity index (χ3n) is 8.21. The van der Waals surface area contributed by atoms with Crippen molar-refractivity contribution in [1.82, 2.24) is 35.6 Å². The van der Waals surface area contributed by atoms with E-state index in [1.165, 1.54) is 5.69 Å². The molecule has 3 aliphatic rings. The Bertz CT molecular complexity index is 1840. The number of aromatic amines is 1. The molecule has 10 heteroatoms. The molecule has 0 saturated carbocycles. The number of hydrogen-bond donors (Lipinski definition) is 4. The second-order valence-electron chi connectivity index (χ2n) is 11.3. The third kappa shape index (κ3) is 4.46. The first-order valence-electron chi connectivity index (χ1n) is 14.0. The monoisotopic (exact) mass is 542 g/mol.